The first-order chi connectivity index (χ1) is 14.1. The van der Waals surface area contributed by atoms with Crippen LogP contribution in [0.25, 0.3) is 0 Å². The number of Topliss-reactive ketones (excluding diaryl/α,β-unsaturated/α-hetero) is 1. The second-order valence-electron chi connectivity index (χ2n) is 6.19. The number of anilines is 1. The Morgan fingerprint density at radius 3 is 2.13 bits per heavy atom. The average Bonchev–Trinajstić information content (AvgIpc) is 2.73. The highest BCUT2D eigenvalue weighted by atomic mass is 19.2. The number of esters is 1. The molecule has 1 heterocycles. The molecule has 158 valence electrons. The first kappa shape index (κ1) is 21.2. The molecule has 2 aromatic carbocycles. The van der Waals surface area contributed by atoms with Crippen molar-refractivity contribution in [1.29, 1.82) is 0 Å². The summed E-state index contributed by atoms with van der Waals surface area (Å²) in [4.78, 5) is 37.0. The number of ketones is 1. The quantitative estimate of drug-likeness (QED) is 0.186. The van der Waals surface area contributed by atoms with Crippen molar-refractivity contribution in [2.75, 3.05) is 18.6 Å². The monoisotopic (exact) mass is 429 g/mol. The van der Waals surface area contributed by atoms with Crippen LogP contribution in [0.15, 0.2) is 18.2 Å². The van der Waals surface area contributed by atoms with Crippen LogP contribution >= 0.6 is 0 Å². The third-order valence-electron chi connectivity index (χ3n) is 4.33. The third kappa shape index (κ3) is 3.70. The number of hydrogen-bond donors (Lipinski definition) is 0. The van der Waals surface area contributed by atoms with Crippen LogP contribution in [-0.4, -0.2) is 31.3 Å². The molecule has 0 spiro atoms. The van der Waals surface area contributed by atoms with Crippen LogP contribution in [0.1, 0.15) is 23.2 Å². The minimum absolute atomic E-state index is 0.00414. The Balaban J connectivity index is 1.97. The van der Waals surface area contributed by atoms with Gasteiger partial charge in [-0.3, -0.25) is 9.59 Å². The van der Waals surface area contributed by atoms with Crippen LogP contribution in [0, 0.1) is 29.1 Å². The fourth-order valence-corrected chi connectivity index (χ4v) is 2.82. The lowest BCUT2D eigenvalue weighted by Crippen LogP contribution is -2.39. The number of hydrogen-bond acceptors (Lipinski definition) is 5. The molecule has 0 unspecified atom stereocenters. The van der Waals surface area contributed by atoms with Crippen LogP contribution in [0.5, 0.6) is 11.5 Å². The Bertz CT molecular complexity index is 1040. The van der Waals surface area contributed by atoms with Gasteiger partial charge in [0.1, 0.15) is 11.5 Å². The van der Waals surface area contributed by atoms with Gasteiger partial charge >= 0.3 is 5.97 Å². The van der Waals surface area contributed by atoms with Crippen molar-refractivity contribution >= 4 is 23.3 Å². The zero-order valence-electron chi connectivity index (χ0n) is 15.2. The van der Waals surface area contributed by atoms with Gasteiger partial charge in [-0.1, -0.05) is 0 Å². The number of benzene rings is 2. The molecule has 1 aliphatic rings. The molecule has 1 amide bonds. The smallest absolute Gasteiger partial charge is 0.343 e. The highest BCUT2D eigenvalue weighted by molar-refractivity contribution is 6.09. The van der Waals surface area contributed by atoms with Crippen LogP contribution in [0.3, 0.4) is 0 Å². The van der Waals surface area contributed by atoms with Gasteiger partial charge in [-0.25, -0.2) is 18.0 Å². The van der Waals surface area contributed by atoms with Crippen LogP contribution in [0.4, 0.5) is 27.6 Å². The van der Waals surface area contributed by atoms with E-state index in [1.165, 1.54) is 18.1 Å². The van der Waals surface area contributed by atoms with Crippen molar-refractivity contribution in [2.45, 2.75) is 12.8 Å². The van der Waals surface area contributed by atoms with Crippen molar-refractivity contribution < 1.29 is 45.8 Å². The average molecular weight is 429 g/mol. The molecule has 1 fully saturated rings. The van der Waals surface area contributed by atoms with Gasteiger partial charge in [0.2, 0.25) is 40.7 Å². The molecule has 3 rings (SSSR count). The summed E-state index contributed by atoms with van der Waals surface area (Å²) in [5.74, 6) is -15.4. The molecule has 1 saturated heterocycles. The number of ether oxygens (including phenoxy) is 2. The number of nitrogens with zero attached hydrogens (tertiary/aromatic N) is 1. The highest BCUT2D eigenvalue weighted by Gasteiger charge is 2.30. The molecule has 0 aromatic heterocycles. The first-order valence-electron chi connectivity index (χ1n) is 8.39. The van der Waals surface area contributed by atoms with Crippen molar-refractivity contribution in [3.05, 3.63) is 52.8 Å². The molecule has 2 aromatic rings. The van der Waals surface area contributed by atoms with Gasteiger partial charge in [-0.05, 0) is 18.2 Å². The maximum absolute atomic E-state index is 13.8. The van der Waals surface area contributed by atoms with E-state index in [0.717, 1.165) is 12.1 Å². The summed E-state index contributed by atoms with van der Waals surface area (Å²) >= 11 is 0. The number of carbonyl (C=O) groups is 3. The lowest BCUT2D eigenvalue weighted by atomic mass is 10.1. The molecule has 30 heavy (non-hydrogen) atoms. The molecule has 0 radical (unpaired) electrons. The largest absolute Gasteiger partial charge is 0.495 e. The standard InChI is InChI=1S/C19H12F5NO5/c1-29-11-3-2-8(6-10(11)25-5-4-9(26)7-12(25)27)19(28)30-18-16(23)14(21)13(20)15(22)17(18)24/h2-3,6H,4-5,7H2,1H3. The molecule has 1 aliphatic heterocycles. The molecule has 0 aliphatic carbocycles. The molecule has 0 N–H and O–H groups in total. The minimum atomic E-state index is -2.39. The van der Waals surface area contributed by atoms with Crippen molar-refractivity contribution in [3.63, 3.8) is 0 Å². The summed E-state index contributed by atoms with van der Waals surface area (Å²) in [7, 11) is 1.28. The second-order valence-corrected chi connectivity index (χ2v) is 6.19. The fourth-order valence-electron chi connectivity index (χ4n) is 2.82. The lowest BCUT2D eigenvalue weighted by Gasteiger charge is -2.27. The summed E-state index contributed by atoms with van der Waals surface area (Å²) in [6.45, 7) is 0.00414. The molecular weight excluding hydrogens is 417 g/mol. The summed E-state index contributed by atoms with van der Waals surface area (Å²) in [5.41, 5.74) is -0.290. The van der Waals surface area contributed by atoms with E-state index in [4.69, 9.17) is 4.74 Å². The number of rotatable bonds is 4. The zero-order chi connectivity index (χ0) is 22.2. The number of halogens is 5. The Hall–Kier alpha value is -3.50. The van der Waals surface area contributed by atoms with Gasteiger partial charge in [0.25, 0.3) is 0 Å². The van der Waals surface area contributed by atoms with Crippen molar-refractivity contribution in [2.24, 2.45) is 0 Å². The van der Waals surface area contributed by atoms with E-state index in [1.54, 1.807) is 0 Å². The molecule has 11 heteroatoms. The molecular formula is C19H12F5NO5. The summed E-state index contributed by atoms with van der Waals surface area (Å²) < 4.78 is 76.7. The molecule has 6 nitrogen and oxygen atoms in total. The first-order valence-corrected chi connectivity index (χ1v) is 8.39. The Labute approximate surface area is 165 Å². The number of amides is 1. The maximum atomic E-state index is 13.8. The van der Waals surface area contributed by atoms with Gasteiger partial charge in [0.15, 0.2) is 0 Å². The Morgan fingerprint density at radius 1 is 0.967 bits per heavy atom. The van der Waals surface area contributed by atoms with E-state index in [-0.39, 0.29) is 42.2 Å². The van der Waals surface area contributed by atoms with Gasteiger partial charge in [0, 0.05) is 13.0 Å². The van der Waals surface area contributed by atoms with Crippen molar-refractivity contribution in [1.82, 2.24) is 0 Å². The van der Waals surface area contributed by atoms with Gasteiger partial charge in [0.05, 0.1) is 24.8 Å². The number of piperidine rings is 1. The van der Waals surface area contributed by atoms with Gasteiger partial charge < -0.3 is 14.4 Å². The van der Waals surface area contributed by atoms with Crippen LogP contribution < -0.4 is 14.4 Å². The zero-order valence-corrected chi connectivity index (χ0v) is 15.2. The predicted molar refractivity (Wildman–Crippen MR) is 90.8 cm³/mol. The van der Waals surface area contributed by atoms with Gasteiger partial charge in [-0.2, -0.15) is 8.78 Å². The van der Waals surface area contributed by atoms with Gasteiger partial charge in [-0.15, -0.1) is 0 Å². The van der Waals surface area contributed by atoms with Crippen LogP contribution in [-0.2, 0) is 9.59 Å². The lowest BCUT2D eigenvalue weighted by molar-refractivity contribution is -0.128. The predicted octanol–water partition coefficient (Wildman–Crippen LogP) is 3.31. The second kappa shape index (κ2) is 8.09. The topological polar surface area (TPSA) is 72.9 Å². The van der Waals surface area contributed by atoms with E-state index >= 15 is 0 Å². The molecule has 0 saturated carbocycles. The number of methoxy groups -OCH3 is 1. The Kier molecular flexibility index (Phi) is 5.72. The van der Waals surface area contributed by atoms with E-state index < -0.39 is 46.7 Å². The number of carbonyl (C=O) groups excluding carboxylic acids is 3. The SMILES string of the molecule is COc1ccc(C(=O)Oc2c(F)c(F)c(F)c(F)c2F)cc1N1CCC(=O)CC1=O. The normalized spacial score (nSPS) is 14.1. The molecule has 0 bridgehead atoms. The van der Waals surface area contributed by atoms with E-state index in [2.05, 4.69) is 4.74 Å². The summed E-state index contributed by atoms with van der Waals surface area (Å²) in [6.07, 6.45) is -0.295. The van der Waals surface area contributed by atoms with E-state index in [1.807, 2.05) is 0 Å². The van der Waals surface area contributed by atoms with Crippen LogP contribution in [0.2, 0.25) is 0 Å². The third-order valence-corrected chi connectivity index (χ3v) is 4.33. The maximum Gasteiger partial charge on any atom is 0.343 e. The molecule has 0 atom stereocenters. The fraction of sp³-hybridized carbons (Fsp3) is 0.211. The summed E-state index contributed by atoms with van der Waals surface area (Å²) in [5, 5.41) is 0. The van der Waals surface area contributed by atoms with Crippen molar-refractivity contribution in [3.8, 4) is 11.5 Å². The van der Waals surface area contributed by atoms with E-state index in [9.17, 15) is 36.3 Å². The Morgan fingerprint density at radius 2 is 1.57 bits per heavy atom. The summed E-state index contributed by atoms with van der Waals surface area (Å²) in [6, 6.07) is 3.44. The highest BCUT2D eigenvalue weighted by Crippen LogP contribution is 2.33. The van der Waals surface area contributed by atoms with E-state index in [0.29, 0.717) is 0 Å². The minimum Gasteiger partial charge on any atom is -0.495 e.